The van der Waals surface area contributed by atoms with E-state index in [9.17, 15) is 13.2 Å². The molecule has 152 valence electrons. The molecular weight excluding hydrogens is 426 g/mol. The Bertz CT molecular complexity index is 1140. The number of sulfonamides is 1. The van der Waals surface area contributed by atoms with E-state index in [0.29, 0.717) is 12.2 Å². The van der Waals surface area contributed by atoms with E-state index in [0.717, 1.165) is 45.9 Å². The Morgan fingerprint density at radius 3 is 2.76 bits per heavy atom. The first-order chi connectivity index (χ1) is 13.9. The van der Waals surface area contributed by atoms with E-state index in [4.69, 9.17) is 0 Å². The number of hydrogen-bond acceptors (Lipinski definition) is 5. The van der Waals surface area contributed by atoms with Crippen LogP contribution in [0.25, 0.3) is 5.00 Å². The van der Waals surface area contributed by atoms with Crippen LogP contribution in [0.2, 0.25) is 0 Å². The zero-order valence-corrected chi connectivity index (χ0v) is 18.3. The Kier molecular flexibility index (Phi) is 5.71. The van der Waals surface area contributed by atoms with E-state index in [1.807, 2.05) is 46.9 Å². The Balaban J connectivity index is 1.57. The number of anilines is 1. The van der Waals surface area contributed by atoms with E-state index in [1.54, 1.807) is 29.5 Å². The fraction of sp³-hybridized carbons (Fsp3) is 0.250. The molecule has 0 saturated heterocycles. The quantitative estimate of drug-likeness (QED) is 0.605. The minimum Gasteiger partial charge on any atom is -0.348 e. The van der Waals surface area contributed by atoms with Gasteiger partial charge in [0, 0.05) is 35.3 Å². The molecule has 1 aliphatic heterocycles. The van der Waals surface area contributed by atoms with E-state index in [1.165, 1.54) is 4.88 Å². The van der Waals surface area contributed by atoms with Crippen LogP contribution in [0, 0.1) is 0 Å². The highest BCUT2D eigenvalue weighted by atomic mass is 32.2. The van der Waals surface area contributed by atoms with Crippen molar-refractivity contribution in [3.05, 3.63) is 70.4 Å². The minimum absolute atomic E-state index is 0.0976. The first-order valence-electron chi connectivity index (χ1n) is 9.11. The molecule has 0 fully saturated rings. The molecule has 0 saturated carbocycles. The summed E-state index contributed by atoms with van der Waals surface area (Å²) in [4.78, 5) is 14.4. The number of nitrogens with zero attached hydrogens (tertiary/aromatic N) is 1. The standard InChI is InChI=1S/C20H21N3O3S3/c1-29(25,26)22-15-6-4-5-14(11-15)12-21-19(24)18-16-7-10-27-13-17(16)28-20(18)23-8-2-3-9-23/h2-6,8-9,11,22H,7,10,12-13H2,1H3,(H,21,24). The predicted octanol–water partition coefficient (Wildman–Crippen LogP) is 3.63. The number of aromatic nitrogens is 1. The van der Waals surface area contributed by atoms with Crippen molar-refractivity contribution < 1.29 is 13.2 Å². The van der Waals surface area contributed by atoms with Crippen molar-refractivity contribution in [3.63, 3.8) is 0 Å². The van der Waals surface area contributed by atoms with Gasteiger partial charge in [-0.3, -0.25) is 9.52 Å². The van der Waals surface area contributed by atoms with E-state index in [-0.39, 0.29) is 5.91 Å². The van der Waals surface area contributed by atoms with Gasteiger partial charge in [-0.15, -0.1) is 11.3 Å². The summed E-state index contributed by atoms with van der Waals surface area (Å²) in [5.41, 5.74) is 3.22. The average molecular weight is 448 g/mol. The Labute approximate surface area is 178 Å². The number of amides is 1. The minimum atomic E-state index is -3.34. The number of hydrogen-bond donors (Lipinski definition) is 2. The van der Waals surface area contributed by atoms with Gasteiger partial charge in [-0.25, -0.2) is 8.42 Å². The second-order valence-corrected chi connectivity index (χ2v) is 10.8. The van der Waals surface area contributed by atoms with Crippen LogP contribution < -0.4 is 10.0 Å². The molecule has 2 N–H and O–H groups in total. The van der Waals surface area contributed by atoms with Gasteiger partial charge in [0.05, 0.1) is 11.8 Å². The summed E-state index contributed by atoms with van der Waals surface area (Å²) in [5, 5.41) is 3.97. The van der Waals surface area contributed by atoms with Crippen LogP contribution >= 0.6 is 23.1 Å². The van der Waals surface area contributed by atoms with Crippen LogP contribution in [0.15, 0.2) is 48.8 Å². The van der Waals surface area contributed by atoms with Crippen molar-refractivity contribution in [1.29, 1.82) is 0 Å². The fourth-order valence-corrected chi connectivity index (χ4v) is 6.33. The molecule has 1 amide bonds. The van der Waals surface area contributed by atoms with E-state index < -0.39 is 10.0 Å². The lowest BCUT2D eigenvalue weighted by Gasteiger charge is -2.13. The van der Waals surface area contributed by atoms with Crippen molar-refractivity contribution >= 4 is 44.7 Å². The highest BCUT2D eigenvalue weighted by molar-refractivity contribution is 7.98. The van der Waals surface area contributed by atoms with E-state index >= 15 is 0 Å². The second-order valence-electron chi connectivity index (χ2n) is 6.83. The molecule has 4 rings (SSSR count). The topological polar surface area (TPSA) is 80.2 Å². The lowest BCUT2D eigenvalue weighted by molar-refractivity contribution is 0.0950. The van der Waals surface area contributed by atoms with Gasteiger partial charge in [-0.05, 0) is 47.6 Å². The summed E-state index contributed by atoms with van der Waals surface area (Å²) in [6, 6.07) is 11.0. The van der Waals surface area contributed by atoms with Crippen molar-refractivity contribution in [2.45, 2.75) is 18.7 Å². The van der Waals surface area contributed by atoms with Crippen molar-refractivity contribution in [2.24, 2.45) is 0 Å². The Morgan fingerprint density at radius 2 is 2.00 bits per heavy atom. The van der Waals surface area contributed by atoms with Crippen LogP contribution in [-0.2, 0) is 28.7 Å². The lowest BCUT2D eigenvalue weighted by Crippen LogP contribution is -2.25. The van der Waals surface area contributed by atoms with Crippen LogP contribution in [0.4, 0.5) is 5.69 Å². The normalized spacial score (nSPS) is 13.7. The van der Waals surface area contributed by atoms with Crippen molar-refractivity contribution in [1.82, 2.24) is 9.88 Å². The summed E-state index contributed by atoms with van der Waals surface area (Å²) in [5.74, 6) is 1.87. The second kappa shape index (κ2) is 8.25. The van der Waals surface area contributed by atoms with Gasteiger partial charge in [-0.2, -0.15) is 11.8 Å². The van der Waals surface area contributed by atoms with E-state index in [2.05, 4.69) is 10.0 Å². The van der Waals surface area contributed by atoms with Crippen molar-refractivity contribution in [3.8, 4) is 5.00 Å². The summed E-state index contributed by atoms with van der Waals surface area (Å²) in [6.07, 6.45) is 5.93. The van der Waals surface area contributed by atoms with Gasteiger partial charge in [0.2, 0.25) is 10.0 Å². The average Bonchev–Trinajstić information content (AvgIpc) is 3.32. The van der Waals surface area contributed by atoms with Gasteiger partial charge in [0.25, 0.3) is 5.91 Å². The number of rotatable bonds is 6. The Hall–Kier alpha value is -2.23. The van der Waals surface area contributed by atoms with Crippen molar-refractivity contribution in [2.75, 3.05) is 16.7 Å². The molecule has 9 heteroatoms. The third-order valence-corrected chi connectivity index (χ3v) is 7.57. The molecule has 0 unspecified atom stereocenters. The first-order valence-corrected chi connectivity index (χ1v) is 13.0. The zero-order valence-electron chi connectivity index (χ0n) is 15.8. The van der Waals surface area contributed by atoms with Crippen LogP contribution in [0.3, 0.4) is 0 Å². The van der Waals surface area contributed by atoms with Gasteiger partial charge in [-0.1, -0.05) is 12.1 Å². The first kappa shape index (κ1) is 20.1. The maximum atomic E-state index is 13.1. The number of benzene rings is 1. The molecule has 2 aromatic heterocycles. The van der Waals surface area contributed by atoms with Crippen LogP contribution in [-0.4, -0.2) is 30.9 Å². The fourth-order valence-electron chi connectivity index (χ4n) is 3.33. The molecule has 0 spiro atoms. The molecule has 6 nitrogen and oxygen atoms in total. The molecule has 29 heavy (non-hydrogen) atoms. The molecule has 0 bridgehead atoms. The number of carbonyl (C=O) groups excluding carboxylic acids is 1. The maximum absolute atomic E-state index is 13.1. The third kappa shape index (κ3) is 4.68. The smallest absolute Gasteiger partial charge is 0.254 e. The molecule has 3 aromatic rings. The Morgan fingerprint density at radius 1 is 1.21 bits per heavy atom. The molecule has 0 atom stereocenters. The molecular formula is C20H21N3O3S3. The third-order valence-electron chi connectivity index (χ3n) is 4.55. The van der Waals surface area contributed by atoms with Crippen LogP contribution in [0.1, 0.15) is 26.4 Å². The zero-order chi connectivity index (χ0) is 20.4. The largest absolute Gasteiger partial charge is 0.348 e. The monoisotopic (exact) mass is 447 g/mol. The van der Waals surface area contributed by atoms with Crippen LogP contribution in [0.5, 0.6) is 0 Å². The highest BCUT2D eigenvalue weighted by Gasteiger charge is 2.26. The SMILES string of the molecule is CS(=O)(=O)Nc1cccc(CNC(=O)c2c(-n3cccc3)sc3c2CCSC3)c1. The maximum Gasteiger partial charge on any atom is 0.254 e. The molecule has 1 aromatic carbocycles. The predicted molar refractivity (Wildman–Crippen MR) is 120 cm³/mol. The number of thioether (sulfide) groups is 1. The molecule has 1 aliphatic rings. The summed E-state index contributed by atoms with van der Waals surface area (Å²) >= 11 is 3.58. The number of nitrogens with one attached hydrogen (secondary N) is 2. The summed E-state index contributed by atoms with van der Waals surface area (Å²) in [6.45, 7) is 0.322. The number of thiophene rings is 1. The summed E-state index contributed by atoms with van der Waals surface area (Å²) < 4.78 is 27.3. The van der Waals surface area contributed by atoms with Gasteiger partial charge in [0.1, 0.15) is 5.00 Å². The number of fused-ring (bicyclic) bond motifs is 1. The van der Waals surface area contributed by atoms with Gasteiger partial charge in [0.15, 0.2) is 0 Å². The van der Waals surface area contributed by atoms with Gasteiger partial charge >= 0.3 is 0 Å². The van der Waals surface area contributed by atoms with Gasteiger partial charge < -0.3 is 9.88 Å². The highest BCUT2D eigenvalue weighted by Crippen LogP contribution is 2.38. The summed E-state index contributed by atoms with van der Waals surface area (Å²) in [7, 11) is -3.34. The molecule has 0 radical (unpaired) electrons. The number of carbonyl (C=O) groups is 1. The molecule has 3 heterocycles. The lowest BCUT2D eigenvalue weighted by atomic mass is 10.1. The molecule has 0 aliphatic carbocycles.